The van der Waals surface area contributed by atoms with Crippen LogP contribution in [0.15, 0.2) is 85.1 Å². The summed E-state index contributed by atoms with van der Waals surface area (Å²) >= 11 is 0. The Kier molecular flexibility index (Phi) is 68.2. The first-order chi connectivity index (χ1) is 41.0. The molecule has 6 nitrogen and oxygen atoms in total. The van der Waals surface area contributed by atoms with Gasteiger partial charge in [0.25, 0.3) is 0 Å². The molecule has 0 aliphatic heterocycles. The zero-order valence-electron chi connectivity index (χ0n) is 55.2. The van der Waals surface area contributed by atoms with Crippen molar-refractivity contribution in [3.8, 4) is 0 Å². The highest BCUT2D eigenvalue weighted by Gasteiger charge is 2.19. The Bertz CT molecular complexity index is 1570. The minimum atomic E-state index is -0.781. The third kappa shape index (κ3) is 69.3. The first-order valence-corrected chi connectivity index (χ1v) is 36.1. The summed E-state index contributed by atoms with van der Waals surface area (Å²) in [6, 6.07) is 0. The third-order valence-corrected chi connectivity index (χ3v) is 15.9. The van der Waals surface area contributed by atoms with Crippen LogP contribution >= 0.6 is 0 Å². The second-order valence-electron chi connectivity index (χ2n) is 24.1. The molecule has 0 rings (SSSR count). The van der Waals surface area contributed by atoms with Crippen molar-refractivity contribution in [2.45, 2.75) is 374 Å². The van der Waals surface area contributed by atoms with Gasteiger partial charge in [-0.1, -0.05) is 337 Å². The Morgan fingerprint density at radius 1 is 0.253 bits per heavy atom. The number of unbranched alkanes of at least 4 members (excludes halogenated alkanes) is 41. The van der Waals surface area contributed by atoms with E-state index in [1.54, 1.807) is 0 Å². The summed E-state index contributed by atoms with van der Waals surface area (Å²) in [7, 11) is 0. The monoisotopic (exact) mass is 1160 g/mol. The molecular weight excluding hydrogens is 1020 g/mol. The second-order valence-corrected chi connectivity index (χ2v) is 24.1. The fraction of sp³-hybridized carbons (Fsp3) is 0.779. The van der Waals surface area contributed by atoms with E-state index in [1.807, 2.05) is 0 Å². The summed E-state index contributed by atoms with van der Waals surface area (Å²) < 4.78 is 17.0. The second kappa shape index (κ2) is 71.1. The molecule has 480 valence electrons. The molecule has 1 atom stereocenters. The molecule has 0 saturated heterocycles. The number of allylic oxidation sites excluding steroid dienone is 14. The van der Waals surface area contributed by atoms with Crippen LogP contribution in [0.1, 0.15) is 367 Å². The van der Waals surface area contributed by atoms with Crippen LogP contribution < -0.4 is 0 Å². The van der Waals surface area contributed by atoms with Crippen molar-refractivity contribution in [1.29, 1.82) is 0 Å². The molecule has 0 fully saturated rings. The van der Waals surface area contributed by atoms with Gasteiger partial charge in [-0.15, -0.1) is 0 Å². The number of hydrogen-bond acceptors (Lipinski definition) is 6. The van der Waals surface area contributed by atoms with Crippen LogP contribution in [-0.4, -0.2) is 37.2 Å². The summed E-state index contributed by atoms with van der Waals surface area (Å²) in [6.45, 7) is 6.55. The summed E-state index contributed by atoms with van der Waals surface area (Å²) in [5.41, 5.74) is 0. The van der Waals surface area contributed by atoms with Gasteiger partial charge in [-0.05, 0) is 96.3 Å². The van der Waals surface area contributed by atoms with E-state index in [0.717, 1.165) is 103 Å². The van der Waals surface area contributed by atoms with Gasteiger partial charge in [0.15, 0.2) is 6.10 Å². The SMILES string of the molecule is CC/C=C\C/C=C\C/C=C\C/C=C\C/C=C\CCCCCCCCCC(=O)OC(COC(=O)CCCCCCCCCCCCC)COC(=O)CCCCCCCCCCCCCCCCCCCCC/C=C\C/C=C\CCCCCCC. The summed E-state index contributed by atoms with van der Waals surface area (Å²) in [5.74, 6) is -0.869. The van der Waals surface area contributed by atoms with Gasteiger partial charge in [-0.25, -0.2) is 0 Å². The minimum Gasteiger partial charge on any atom is -0.462 e. The Balaban J connectivity index is 4.18. The Morgan fingerprint density at radius 3 is 0.735 bits per heavy atom. The van der Waals surface area contributed by atoms with Crippen molar-refractivity contribution >= 4 is 17.9 Å². The fourth-order valence-corrected chi connectivity index (χ4v) is 10.5. The topological polar surface area (TPSA) is 78.9 Å². The average Bonchev–Trinajstić information content (AvgIpc) is 3.48. The van der Waals surface area contributed by atoms with Gasteiger partial charge < -0.3 is 14.2 Å². The van der Waals surface area contributed by atoms with E-state index in [4.69, 9.17) is 14.2 Å². The average molecular weight is 1160 g/mol. The maximum Gasteiger partial charge on any atom is 0.306 e. The van der Waals surface area contributed by atoms with Crippen molar-refractivity contribution in [2.24, 2.45) is 0 Å². The van der Waals surface area contributed by atoms with Gasteiger partial charge in [0.1, 0.15) is 13.2 Å². The number of carbonyl (C=O) groups excluding carboxylic acids is 3. The lowest BCUT2D eigenvalue weighted by molar-refractivity contribution is -0.167. The maximum atomic E-state index is 12.9. The van der Waals surface area contributed by atoms with Crippen LogP contribution in [0.25, 0.3) is 0 Å². The number of rotatable bonds is 66. The van der Waals surface area contributed by atoms with E-state index in [-0.39, 0.29) is 31.1 Å². The van der Waals surface area contributed by atoms with Crippen molar-refractivity contribution in [3.05, 3.63) is 85.1 Å². The van der Waals surface area contributed by atoms with E-state index in [0.29, 0.717) is 19.3 Å². The molecule has 0 aromatic rings. The third-order valence-electron chi connectivity index (χ3n) is 15.9. The van der Waals surface area contributed by atoms with Crippen molar-refractivity contribution in [1.82, 2.24) is 0 Å². The fourth-order valence-electron chi connectivity index (χ4n) is 10.5. The van der Waals surface area contributed by atoms with Gasteiger partial charge >= 0.3 is 17.9 Å². The van der Waals surface area contributed by atoms with Gasteiger partial charge in [-0.3, -0.25) is 14.4 Å². The molecule has 0 N–H and O–H groups in total. The Labute approximate surface area is 515 Å². The minimum absolute atomic E-state index is 0.0766. The molecular formula is C77H136O6. The van der Waals surface area contributed by atoms with Crippen LogP contribution in [0.4, 0.5) is 0 Å². The smallest absolute Gasteiger partial charge is 0.306 e. The van der Waals surface area contributed by atoms with Crippen molar-refractivity contribution in [2.75, 3.05) is 13.2 Å². The van der Waals surface area contributed by atoms with E-state index in [9.17, 15) is 14.4 Å². The molecule has 83 heavy (non-hydrogen) atoms. The predicted molar refractivity (Wildman–Crippen MR) is 362 cm³/mol. The molecule has 0 aromatic carbocycles. The zero-order valence-corrected chi connectivity index (χ0v) is 55.2. The first kappa shape index (κ1) is 79.6. The molecule has 0 bridgehead atoms. The molecule has 0 aliphatic rings. The van der Waals surface area contributed by atoms with Crippen molar-refractivity contribution in [3.63, 3.8) is 0 Å². The predicted octanol–water partition coefficient (Wildman–Crippen LogP) is 25.0. The Morgan fingerprint density at radius 2 is 0.470 bits per heavy atom. The molecule has 1 unspecified atom stereocenters. The first-order valence-electron chi connectivity index (χ1n) is 36.1. The summed E-state index contributed by atoms with van der Waals surface area (Å²) in [6.07, 6.45) is 94.8. The molecule has 0 spiro atoms. The summed E-state index contributed by atoms with van der Waals surface area (Å²) in [5, 5.41) is 0. The van der Waals surface area contributed by atoms with E-state index < -0.39 is 6.10 Å². The normalized spacial score (nSPS) is 12.6. The molecule has 0 aliphatic carbocycles. The van der Waals surface area contributed by atoms with Crippen LogP contribution in [0.5, 0.6) is 0 Å². The highest BCUT2D eigenvalue weighted by Crippen LogP contribution is 2.18. The van der Waals surface area contributed by atoms with Gasteiger partial charge in [0.2, 0.25) is 0 Å². The van der Waals surface area contributed by atoms with Gasteiger partial charge in [0, 0.05) is 19.3 Å². The lowest BCUT2D eigenvalue weighted by atomic mass is 10.0. The molecule has 6 heteroatoms. The van der Waals surface area contributed by atoms with E-state index in [1.165, 1.54) is 225 Å². The van der Waals surface area contributed by atoms with E-state index in [2.05, 4.69) is 106 Å². The van der Waals surface area contributed by atoms with Gasteiger partial charge in [0.05, 0.1) is 0 Å². The largest absolute Gasteiger partial charge is 0.462 e. The number of hydrogen-bond donors (Lipinski definition) is 0. The molecule has 0 saturated carbocycles. The number of ether oxygens (including phenoxy) is 3. The van der Waals surface area contributed by atoms with E-state index >= 15 is 0 Å². The molecule has 0 aromatic heterocycles. The van der Waals surface area contributed by atoms with Crippen LogP contribution in [0, 0.1) is 0 Å². The van der Waals surface area contributed by atoms with Crippen LogP contribution in [0.3, 0.4) is 0 Å². The molecule has 0 radical (unpaired) electrons. The molecule has 0 amide bonds. The summed E-state index contributed by atoms with van der Waals surface area (Å²) in [4.78, 5) is 38.4. The lowest BCUT2D eigenvalue weighted by Crippen LogP contribution is -2.30. The molecule has 0 heterocycles. The van der Waals surface area contributed by atoms with Crippen molar-refractivity contribution < 1.29 is 28.6 Å². The highest BCUT2D eigenvalue weighted by molar-refractivity contribution is 5.71. The standard InChI is InChI=1S/C77H136O6/c1-4-7-10-13-16-19-22-24-26-28-30-32-34-35-36-37-38-39-40-41-43-44-46-48-50-52-55-58-61-64-67-70-76(79)82-73-74(72-81-75(78)69-66-63-60-57-54-21-18-15-12-9-6-3)83-77(80)71-68-65-62-59-56-53-51-49-47-45-42-33-31-29-27-25-23-20-17-14-11-8-5-2/h8,11,17,20,22,24-25,27-28,30-31,33,45,47,74H,4-7,9-10,12-16,18-19,21,23,26,29,32,34-44,46,48-73H2,1-3H3/b11-8-,20-17-,24-22-,27-25-,30-28-,33-31-,47-45-. The maximum absolute atomic E-state index is 12.9. The van der Waals surface area contributed by atoms with Gasteiger partial charge in [-0.2, -0.15) is 0 Å². The highest BCUT2D eigenvalue weighted by atomic mass is 16.6. The number of esters is 3. The van der Waals surface area contributed by atoms with Crippen LogP contribution in [-0.2, 0) is 28.6 Å². The Hall–Kier alpha value is -3.41. The number of carbonyl (C=O) groups is 3. The quantitative estimate of drug-likeness (QED) is 0.0261. The zero-order chi connectivity index (χ0) is 59.9. The van der Waals surface area contributed by atoms with Crippen LogP contribution in [0.2, 0.25) is 0 Å². The lowest BCUT2D eigenvalue weighted by Gasteiger charge is -2.18.